The molecular weight excluding hydrogens is 320 g/mol. The van der Waals surface area contributed by atoms with E-state index in [2.05, 4.69) is 0 Å². The SMILES string of the molecule is FC(F)(F)C(=[Se])C(=[Se])C(F)(F)F. The Hall–Kier alpha value is 0.359. The van der Waals surface area contributed by atoms with E-state index in [1.807, 2.05) is 0 Å². The summed E-state index contributed by atoms with van der Waals surface area (Å²) >= 11 is 2.65. The van der Waals surface area contributed by atoms with Crippen LogP contribution in [-0.2, 0) is 0 Å². The van der Waals surface area contributed by atoms with Crippen LogP contribution in [0.15, 0.2) is 0 Å². The third-order valence-corrected chi connectivity index (χ3v) is 3.20. The minimum absolute atomic E-state index is 1.33. The molecule has 0 aromatic rings. The Bertz CT molecular complexity index is 187. The van der Waals surface area contributed by atoms with E-state index in [0.29, 0.717) is 0 Å². The van der Waals surface area contributed by atoms with Gasteiger partial charge in [0.15, 0.2) is 0 Å². The Labute approximate surface area is 79.0 Å². The molecule has 0 aliphatic heterocycles. The van der Waals surface area contributed by atoms with Gasteiger partial charge in [0, 0.05) is 0 Å². The molecule has 0 radical (unpaired) electrons. The van der Waals surface area contributed by atoms with Crippen LogP contribution in [0.25, 0.3) is 0 Å². The van der Waals surface area contributed by atoms with Crippen LogP contribution in [0.5, 0.6) is 0 Å². The summed E-state index contributed by atoms with van der Waals surface area (Å²) < 4.78 is 66.2. The molecule has 0 bridgehead atoms. The maximum absolute atomic E-state index is 11.6. The van der Waals surface area contributed by atoms with Crippen molar-refractivity contribution in [3.05, 3.63) is 0 Å². The summed E-state index contributed by atoms with van der Waals surface area (Å²) in [6.45, 7) is 0. The van der Waals surface area contributed by atoms with Crippen molar-refractivity contribution in [1.82, 2.24) is 0 Å². The second-order valence-electron chi connectivity index (χ2n) is 1.65. The Morgan fingerprint density at radius 3 is 0.917 bits per heavy atom. The van der Waals surface area contributed by atoms with E-state index in [1.165, 1.54) is 31.2 Å². The van der Waals surface area contributed by atoms with Gasteiger partial charge >= 0.3 is 78.7 Å². The van der Waals surface area contributed by atoms with Crippen molar-refractivity contribution < 1.29 is 26.3 Å². The van der Waals surface area contributed by atoms with Crippen LogP contribution < -0.4 is 0 Å². The molecule has 0 nitrogen and oxygen atoms in total. The Morgan fingerprint density at radius 2 is 0.833 bits per heavy atom. The first-order valence-corrected chi connectivity index (χ1v) is 4.01. The number of halogens is 6. The van der Waals surface area contributed by atoms with E-state index in [1.54, 1.807) is 0 Å². The van der Waals surface area contributed by atoms with Crippen molar-refractivity contribution in [2.24, 2.45) is 0 Å². The van der Waals surface area contributed by atoms with Crippen molar-refractivity contribution in [3.63, 3.8) is 0 Å². The number of hydrogen-bond donors (Lipinski definition) is 0. The number of hydrogen-bond acceptors (Lipinski definition) is 0. The molecule has 0 aliphatic rings. The van der Waals surface area contributed by atoms with Crippen LogP contribution >= 0.6 is 0 Å². The van der Waals surface area contributed by atoms with E-state index >= 15 is 0 Å². The van der Waals surface area contributed by atoms with Crippen molar-refractivity contribution in [2.45, 2.75) is 12.4 Å². The standard InChI is InChI=1S/C4F6Se2/c5-3(6,7)1(11)2(12)4(8,9)10. The fourth-order valence-corrected chi connectivity index (χ4v) is 0.743. The van der Waals surface area contributed by atoms with Crippen LogP contribution in [-0.4, -0.2) is 52.3 Å². The molecule has 0 N–H and O–H groups in total. The van der Waals surface area contributed by atoms with Crippen LogP contribution in [0.1, 0.15) is 0 Å². The van der Waals surface area contributed by atoms with Crippen LogP contribution in [0.4, 0.5) is 26.3 Å². The molecule has 0 heterocycles. The summed E-state index contributed by atoms with van der Waals surface area (Å²) in [5.41, 5.74) is 0. The first kappa shape index (κ1) is 12.4. The van der Waals surface area contributed by atoms with Gasteiger partial charge in [-0.15, -0.1) is 0 Å². The predicted molar refractivity (Wildman–Crippen MR) is 33.6 cm³/mol. The van der Waals surface area contributed by atoms with Gasteiger partial charge in [0.05, 0.1) is 0 Å². The summed E-state index contributed by atoms with van der Waals surface area (Å²) in [7, 11) is 0. The summed E-state index contributed by atoms with van der Waals surface area (Å²) in [5, 5.41) is 0. The second kappa shape index (κ2) is 3.62. The van der Waals surface area contributed by atoms with Gasteiger partial charge in [-0.1, -0.05) is 0 Å². The summed E-state index contributed by atoms with van der Waals surface area (Å²) in [4.78, 5) is 0. The molecule has 0 saturated carbocycles. The third kappa shape index (κ3) is 3.39. The van der Waals surface area contributed by atoms with Gasteiger partial charge in [0.2, 0.25) is 0 Å². The van der Waals surface area contributed by atoms with E-state index in [9.17, 15) is 26.3 Å². The van der Waals surface area contributed by atoms with Gasteiger partial charge in [0.25, 0.3) is 0 Å². The van der Waals surface area contributed by atoms with Crippen molar-refractivity contribution >= 4 is 40.0 Å². The Kier molecular flexibility index (Phi) is 3.72. The first-order chi connectivity index (χ1) is 5.07. The van der Waals surface area contributed by atoms with Gasteiger partial charge in [0.1, 0.15) is 0 Å². The van der Waals surface area contributed by atoms with Gasteiger partial charge in [-0.05, 0) is 0 Å². The van der Waals surface area contributed by atoms with E-state index < -0.39 is 21.2 Å². The maximum atomic E-state index is 11.6. The van der Waals surface area contributed by atoms with Crippen molar-refractivity contribution in [3.8, 4) is 0 Å². The van der Waals surface area contributed by atoms with Gasteiger partial charge in [-0.25, -0.2) is 0 Å². The van der Waals surface area contributed by atoms with Crippen molar-refractivity contribution in [1.29, 1.82) is 0 Å². The fraction of sp³-hybridized carbons (Fsp3) is 0.500. The zero-order chi connectivity index (χ0) is 10.2. The molecular formula is C4F6Se2. The Morgan fingerprint density at radius 1 is 0.667 bits per heavy atom. The number of alkyl halides is 6. The second-order valence-corrected chi connectivity index (χ2v) is 3.37. The van der Waals surface area contributed by atoms with Gasteiger partial charge in [-0.2, -0.15) is 0 Å². The molecule has 0 spiro atoms. The quantitative estimate of drug-likeness (QED) is 0.495. The van der Waals surface area contributed by atoms with Gasteiger partial charge in [-0.3, -0.25) is 0 Å². The van der Waals surface area contributed by atoms with E-state index in [-0.39, 0.29) is 0 Å². The van der Waals surface area contributed by atoms with Crippen LogP contribution in [0, 0.1) is 0 Å². The Balaban J connectivity index is 4.66. The molecule has 8 heteroatoms. The van der Waals surface area contributed by atoms with Crippen molar-refractivity contribution in [2.75, 3.05) is 0 Å². The zero-order valence-electron chi connectivity index (χ0n) is 5.08. The minimum atomic E-state index is -4.99. The normalized spacial score (nSPS) is 12.8. The molecule has 0 amide bonds. The molecule has 0 rings (SSSR count). The molecule has 0 aromatic carbocycles. The first-order valence-electron chi connectivity index (χ1n) is 2.29. The molecule has 70 valence electrons. The average Bonchev–Trinajstić information content (AvgIpc) is 1.80. The summed E-state index contributed by atoms with van der Waals surface area (Å²) in [5.74, 6) is 0. The monoisotopic (exact) mass is 322 g/mol. The fourth-order valence-electron chi connectivity index (χ4n) is 0.257. The van der Waals surface area contributed by atoms with Crippen LogP contribution in [0.2, 0.25) is 0 Å². The van der Waals surface area contributed by atoms with E-state index in [4.69, 9.17) is 0 Å². The zero-order valence-corrected chi connectivity index (χ0v) is 8.51. The summed E-state index contributed by atoms with van der Waals surface area (Å²) in [6.07, 6.45) is -9.98. The molecule has 0 unspecified atom stereocenters. The predicted octanol–water partition coefficient (Wildman–Crippen LogP) is 0.793. The molecule has 0 saturated heterocycles. The summed E-state index contributed by atoms with van der Waals surface area (Å²) in [6, 6.07) is 0. The molecule has 0 aromatic heterocycles. The van der Waals surface area contributed by atoms with Gasteiger partial charge < -0.3 is 0 Å². The molecule has 0 fully saturated rings. The number of rotatable bonds is 1. The van der Waals surface area contributed by atoms with Crippen LogP contribution in [0.3, 0.4) is 0 Å². The molecule has 0 atom stereocenters. The molecule has 0 aliphatic carbocycles. The third-order valence-electron chi connectivity index (χ3n) is 0.721. The van der Waals surface area contributed by atoms with E-state index in [0.717, 1.165) is 0 Å². The topological polar surface area (TPSA) is 0 Å². The molecule has 12 heavy (non-hydrogen) atoms. The average molecular weight is 320 g/mol.